The predicted octanol–water partition coefficient (Wildman–Crippen LogP) is 1.90. The molecule has 1 aromatic carbocycles. The van der Waals surface area contributed by atoms with Crippen molar-refractivity contribution < 1.29 is 19.4 Å². The van der Waals surface area contributed by atoms with E-state index < -0.39 is 5.97 Å². The number of rotatable bonds is 2. The van der Waals surface area contributed by atoms with Gasteiger partial charge in [-0.25, -0.2) is 9.59 Å². The lowest BCUT2D eigenvalue weighted by molar-refractivity contribution is 0.0696. The number of hydrogen-bond donors (Lipinski definition) is 1. The standard InChI is InChI=1S/C13H15NO4/c1-2-18-13(17)14-6-5-9-3-4-10(12(15)16)7-11(9)8-14/h3-4,7H,2,5-6,8H2,1H3,(H,15,16). The third-order valence-corrected chi connectivity index (χ3v) is 2.99. The van der Waals surface area contributed by atoms with Gasteiger partial charge in [-0.15, -0.1) is 0 Å². The Morgan fingerprint density at radius 1 is 1.39 bits per heavy atom. The van der Waals surface area contributed by atoms with Crippen LogP contribution in [0.1, 0.15) is 28.4 Å². The molecule has 0 saturated heterocycles. The molecule has 1 amide bonds. The molecule has 96 valence electrons. The molecule has 0 bridgehead atoms. The highest BCUT2D eigenvalue weighted by Crippen LogP contribution is 2.21. The number of carboxylic acid groups (broad SMARTS) is 1. The third-order valence-electron chi connectivity index (χ3n) is 2.99. The molecule has 5 nitrogen and oxygen atoms in total. The highest BCUT2D eigenvalue weighted by atomic mass is 16.6. The van der Waals surface area contributed by atoms with Gasteiger partial charge in [0.1, 0.15) is 0 Å². The molecule has 2 rings (SSSR count). The molecule has 1 aliphatic heterocycles. The van der Waals surface area contributed by atoms with Gasteiger partial charge < -0.3 is 14.7 Å². The smallest absolute Gasteiger partial charge is 0.410 e. The first-order valence-electron chi connectivity index (χ1n) is 5.88. The van der Waals surface area contributed by atoms with Crippen LogP contribution in [0, 0.1) is 0 Å². The van der Waals surface area contributed by atoms with Crippen LogP contribution in [-0.4, -0.2) is 35.2 Å². The monoisotopic (exact) mass is 249 g/mol. The Kier molecular flexibility index (Phi) is 3.50. The number of carbonyl (C=O) groups is 2. The van der Waals surface area contributed by atoms with Crippen LogP contribution in [0.4, 0.5) is 4.79 Å². The fourth-order valence-electron chi connectivity index (χ4n) is 2.06. The molecule has 0 saturated carbocycles. The summed E-state index contributed by atoms with van der Waals surface area (Å²) in [6.07, 6.45) is 0.387. The fourth-order valence-corrected chi connectivity index (χ4v) is 2.06. The highest BCUT2D eigenvalue weighted by molar-refractivity contribution is 5.88. The zero-order valence-corrected chi connectivity index (χ0v) is 10.2. The van der Waals surface area contributed by atoms with Crippen molar-refractivity contribution in [3.05, 3.63) is 34.9 Å². The van der Waals surface area contributed by atoms with Crippen LogP contribution >= 0.6 is 0 Å². The molecule has 5 heteroatoms. The Morgan fingerprint density at radius 3 is 2.83 bits per heavy atom. The predicted molar refractivity (Wildman–Crippen MR) is 64.5 cm³/mol. The van der Waals surface area contributed by atoms with E-state index in [1.807, 2.05) is 6.07 Å². The minimum Gasteiger partial charge on any atom is -0.478 e. The Morgan fingerprint density at radius 2 is 2.17 bits per heavy atom. The second-order valence-electron chi connectivity index (χ2n) is 4.16. The van der Waals surface area contributed by atoms with Crippen LogP contribution in [0.5, 0.6) is 0 Å². The summed E-state index contributed by atoms with van der Waals surface area (Å²) in [4.78, 5) is 24.1. The first-order chi connectivity index (χ1) is 8.61. The molecule has 1 aromatic rings. The highest BCUT2D eigenvalue weighted by Gasteiger charge is 2.22. The van der Waals surface area contributed by atoms with Gasteiger partial charge >= 0.3 is 12.1 Å². The van der Waals surface area contributed by atoms with Gasteiger partial charge in [0.25, 0.3) is 0 Å². The van der Waals surface area contributed by atoms with Gasteiger partial charge in [-0.05, 0) is 36.6 Å². The van der Waals surface area contributed by atoms with Gasteiger partial charge in [0.05, 0.1) is 12.2 Å². The summed E-state index contributed by atoms with van der Waals surface area (Å²) >= 11 is 0. The van der Waals surface area contributed by atoms with E-state index in [1.54, 1.807) is 24.0 Å². The minimum atomic E-state index is -0.953. The summed E-state index contributed by atoms with van der Waals surface area (Å²) < 4.78 is 4.94. The molecule has 1 N–H and O–H groups in total. The summed E-state index contributed by atoms with van der Waals surface area (Å²) in [7, 11) is 0. The van der Waals surface area contributed by atoms with Crippen molar-refractivity contribution in [3.63, 3.8) is 0 Å². The Hall–Kier alpha value is -2.04. The number of ether oxygens (including phenoxy) is 1. The SMILES string of the molecule is CCOC(=O)N1CCc2ccc(C(=O)O)cc2C1. The molecule has 0 fully saturated rings. The maximum Gasteiger partial charge on any atom is 0.410 e. The average molecular weight is 249 g/mol. The van der Waals surface area contributed by atoms with E-state index in [0.29, 0.717) is 19.7 Å². The zero-order valence-electron chi connectivity index (χ0n) is 10.2. The van der Waals surface area contributed by atoms with Crippen LogP contribution in [0.15, 0.2) is 18.2 Å². The van der Waals surface area contributed by atoms with Crippen LogP contribution in [0.3, 0.4) is 0 Å². The van der Waals surface area contributed by atoms with Gasteiger partial charge in [0, 0.05) is 13.1 Å². The number of fused-ring (bicyclic) bond motifs is 1. The first-order valence-corrected chi connectivity index (χ1v) is 5.88. The molecule has 0 atom stereocenters. The lowest BCUT2D eigenvalue weighted by atomic mass is 9.97. The van der Waals surface area contributed by atoms with Crippen molar-refractivity contribution in [1.29, 1.82) is 0 Å². The second kappa shape index (κ2) is 5.08. The van der Waals surface area contributed by atoms with Gasteiger partial charge in [0.2, 0.25) is 0 Å². The Balaban J connectivity index is 2.19. The van der Waals surface area contributed by atoms with E-state index in [1.165, 1.54) is 0 Å². The van der Waals surface area contributed by atoms with Gasteiger partial charge in [-0.3, -0.25) is 0 Å². The summed E-state index contributed by atoms with van der Waals surface area (Å²) in [5.74, 6) is -0.953. The average Bonchev–Trinajstić information content (AvgIpc) is 2.37. The van der Waals surface area contributed by atoms with E-state index in [9.17, 15) is 9.59 Å². The number of carboxylic acids is 1. The van der Waals surface area contributed by atoms with Crippen molar-refractivity contribution in [2.75, 3.05) is 13.2 Å². The van der Waals surface area contributed by atoms with E-state index >= 15 is 0 Å². The van der Waals surface area contributed by atoms with E-state index in [-0.39, 0.29) is 11.7 Å². The molecule has 1 aliphatic rings. The normalized spacial score (nSPS) is 13.9. The van der Waals surface area contributed by atoms with Crippen LogP contribution in [0.2, 0.25) is 0 Å². The molecule has 0 unspecified atom stereocenters. The van der Waals surface area contributed by atoms with Crippen molar-refractivity contribution in [2.24, 2.45) is 0 Å². The van der Waals surface area contributed by atoms with Gasteiger partial charge in [0.15, 0.2) is 0 Å². The number of nitrogens with zero attached hydrogens (tertiary/aromatic N) is 1. The third kappa shape index (κ3) is 2.45. The maximum atomic E-state index is 11.6. The number of amides is 1. The van der Waals surface area contributed by atoms with Crippen LogP contribution in [0.25, 0.3) is 0 Å². The Bertz CT molecular complexity index is 484. The summed E-state index contributed by atoms with van der Waals surface area (Å²) in [6.45, 7) is 3.13. The molecule has 0 aliphatic carbocycles. The molecule has 0 spiro atoms. The van der Waals surface area contributed by atoms with Gasteiger partial charge in [-0.2, -0.15) is 0 Å². The molecular formula is C13H15NO4. The zero-order chi connectivity index (χ0) is 13.1. The Labute approximate surface area is 105 Å². The quantitative estimate of drug-likeness (QED) is 0.869. The van der Waals surface area contributed by atoms with Crippen molar-refractivity contribution in [3.8, 4) is 0 Å². The van der Waals surface area contributed by atoms with E-state index in [4.69, 9.17) is 9.84 Å². The molecule has 18 heavy (non-hydrogen) atoms. The number of hydrogen-bond acceptors (Lipinski definition) is 3. The second-order valence-corrected chi connectivity index (χ2v) is 4.16. The van der Waals surface area contributed by atoms with E-state index in [0.717, 1.165) is 17.5 Å². The van der Waals surface area contributed by atoms with E-state index in [2.05, 4.69) is 0 Å². The number of aromatic carboxylic acids is 1. The summed E-state index contributed by atoms with van der Waals surface area (Å²) in [5.41, 5.74) is 2.23. The lowest BCUT2D eigenvalue weighted by Crippen LogP contribution is -2.36. The fraction of sp³-hybridized carbons (Fsp3) is 0.385. The molecular weight excluding hydrogens is 234 g/mol. The minimum absolute atomic E-state index is 0.249. The molecule has 0 radical (unpaired) electrons. The number of carbonyl (C=O) groups excluding carboxylic acids is 1. The summed E-state index contributed by atoms with van der Waals surface area (Å²) in [5, 5.41) is 8.94. The summed E-state index contributed by atoms with van der Waals surface area (Å²) in [6, 6.07) is 5.05. The van der Waals surface area contributed by atoms with Crippen molar-refractivity contribution >= 4 is 12.1 Å². The lowest BCUT2D eigenvalue weighted by Gasteiger charge is -2.28. The topological polar surface area (TPSA) is 66.8 Å². The van der Waals surface area contributed by atoms with Crippen molar-refractivity contribution in [2.45, 2.75) is 19.9 Å². The first kappa shape index (κ1) is 12.4. The molecule has 1 heterocycles. The maximum absolute atomic E-state index is 11.6. The molecule has 0 aromatic heterocycles. The van der Waals surface area contributed by atoms with Crippen LogP contribution in [-0.2, 0) is 17.7 Å². The number of benzene rings is 1. The van der Waals surface area contributed by atoms with Gasteiger partial charge in [-0.1, -0.05) is 6.07 Å². The van der Waals surface area contributed by atoms with Crippen LogP contribution < -0.4 is 0 Å². The van der Waals surface area contributed by atoms with Crippen molar-refractivity contribution in [1.82, 2.24) is 4.90 Å². The largest absolute Gasteiger partial charge is 0.478 e.